The van der Waals surface area contributed by atoms with Crippen LogP contribution in [0.25, 0.3) is 0 Å². The van der Waals surface area contributed by atoms with Crippen LogP contribution in [-0.2, 0) is 9.47 Å². The molecule has 0 amide bonds. The summed E-state index contributed by atoms with van der Waals surface area (Å²) in [7, 11) is 1.72. The van der Waals surface area contributed by atoms with E-state index in [4.69, 9.17) is 9.47 Å². The van der Waals surface area contributed by atoms with Gasteiger partial charge >= 0.3 is 0 Å². The summed E-state index contributed by atoms with van der Waals surface area (Å²) in [5.74, 6) is 0. The van der Waals surface area contributed by atoms with Gasteiger partial charge in [-0.2, -0.15) is 0 Å². The Morgan fingerprint density at radius 1 is 1.23 bits per heavy atom. The average molecular weight is 187 g/mol. The number of ether oxygens (including phenoxy) is 2. The minimum Gasteiger partial charge on any atom is -0.385 e. The zero-order valence-corrected chi connectivity index (χ0v) is 8.77. The molecular weight excluding hydrogens is 166 g/mol. The fraction of sp³-hybridized carbons (Fsp3) is 1.00. The fourth-order valence-electron chi connectivity index (χ4n) is 1.20. The predicted octanol–water partition coefficient (Wildman–Crippen LogP) is 1.18. The first-order valence-corrected chi connectivity index (χ1v) is 5.08. The molecule has 1 fully saturated rings. The topological polar surface area (TPSA) is 30.5 Å². The van der Waals surface area contributed by atoms with E-state index in [-0.39, 0.29) is 0 Å². The monoisotopic (exact) mass is 187 g/mol. The lowest BCUT2D eigenvalue weighted by atomic mass is 10.3. The van der Waals surface area contributed by atoms with Crippen LogP contribution < -0.4 is 5.32 Å². The molecule has 3 nitrogen and oxygen atoms in total. The summed E-state index contributed by atoms with van der Waals surface area (Å²) in [5, 5.41) is 3.47. The lowest BCUT2D eigenvalue weighted by Gasteiger charge is -2.10. The van der Waals surface area contributed by atoms with Crippen LogP contribution in [0.1, 0.15) is 26.2 Å². The molecule has 3 heteroatoms. The van der Waals surface area contributed by atoms with E-state index in [1.165, 1.54) is 12.8 Å². The maximum absolute atomic E-state index is 5.42. The first kappa shape index (κ1) is 11.0. The van der Waals surface area contributed by atoms with Crippen molar-refractivity contribution in [3.05, 3.63) is 0 Å². The van der Waals surface area contributed by atoms with Crippen molar-refractivity contribution < 1.29 is 9.47 Å². The normalized spacial score (nSPS) is 18.9. The highest BCUT2D eigenvalue weighted by atomic mass is 16.5. The largest absolute Gasteiger partial charge is 0.385 e. The van der Waals surface area contributed by atoms with Gasteiger partial charge in [0.25, 0.3) is 0 Å². The quantitative estimate of drug-likeness (QED) is 0.579. The van der Waals surface area contributed by atoms with Crippen LogP contribution in [0.5, 0.6) is 0 Å². The number of hydrogen-bond acceptors (Lipinski definition) is 3. The molecule has 0 aliphatic heterocycles. The van der Waals surface area contributed by atoms with Crippen LogP contribution >= 0.6 is 0 Å². The first-order valence-electron chi connectivity index (χ1n) is 5.08. The molecule has 0 saturated heterocycles. The van der Waals surface area contributed by atoms with Gasteiger partial charge in [0.2, 0.25) is 0 Å². The third-order valence-corrected chi connectivity index (χ3v) is 2.44. The van der Waals surface area contributed by atoms with Gasteiger partial charge in [0.1, 0.15) is 0 Å². The van der Waals surface area contributed by atoms with E-state index in [2.05, 4.69) is 12.2 Å². The average Bonchev–Trinajstić information content (AvgIpc) is 2.83. The molecule has 0 bridgehead atoms. The van der Waals surface area contributed by atoms with Crippen LogP contribution in [0.4, 0.5) is 0 Å². The lowest BCUT2D eigenvalue weighted by Crippen LogP contribution is -2.31. The van der Waals surface area contributed by atoms with Crippen molar-refractivity contribution in [2.75, 3.05) is 33.5 Å². The zero-order chi connectivity index (χ0) is 9.57. The predicted molar refractivity (Wildman–Crippen MR) is 53.0 cm³/mol. The Labute approximate surface area is 80.8 Å². The second-order valence-electron chi connectivity index (χ2n) is 3.95. The van der Waals surface area contributed by atoms with E-state index in [0.717, 1.165) is 32.8 Å². The Morgan fingerprint density at radius 2 is 2.00 bits per heavy atom. The van der Waals surface area contributed by atoms with E-state index in [1.54, 1.807) is 7.11 Å². The second kappa shape index (κ2) is 5.58. The van der Waals surface area contributed by atoms with Crippen LogP contribution in [0.2, 0.25) is 0 Å². The van der Waals surface area contributed by atoms with Gasteiger partial charge in [0.05, 0.1) is 6.61 Å². The molecule has 1 N–H and O–H groups in total. The summed E-state index contributed by atoms with van der Waals surface area (Å²) in [4.78, 5) is 0. The third kappa shape index (κ3) is 5.24. The molecule has 0 radical (unpaired) electrons. The molecule has 0 aromatic carbocycles. The van der Waals surface area contributed by atoms with Gasteiger partial charge in [0, 0.05) is 32.4 Å². The minimum atomic E-state index is 0.440. The van der Waals surface area contributed by atoms with Gasteiger partial charge in [-0.3, -0.25) is 0 Å². The van der Waals surface area contributed by atoms with Gasteiger partial charge in [-0.25, -0.2) is 0 Å². The van der Waals surface area contributed by atoms with Gasteiger partial charge in [0.15, 0.2) is 0 Å². The molecular formula is C10H21NO2. The molecule has 0 aromatic rings. The van der Waals surface area contributed by atoms with Gasteiger partial charge in [-0.05, 0) is 26.2 Å². The Hall–Kier alpha value is -0.120. The second-order valence-corrected chi connectivity index (χ2v) is 3.95. The van der Waals surface area contributed by atoms with E-state index in [9.17, 15) is 0 Å². The summed E-state index contributed by atoms with van der Waals surface area (Å²) in [5.41, 5.74) is 0.440. The van der Waals surface area contributed by atoms with Crippen LogP contribution in [-0.4, -0.2) is 39.0 Å². The lowest BCUT2D eigenvalue weighted by molar-refractivity contribution is 0.103. The summed E-state index contributed by atoms with van der Waals surface area (Å²) >= 11 is 0. The molecule has 1 aliphatic carbocycles. The Balaban J connectivity index is 1.74. The highest BCUT2D eigenvalue weighted by Gasteiger charge is 2.35. The van der Waals surface area contributed by atoms with Crippen LogP contribution in [0, 0.1) is 0 Å². The molecule has 1 rings (SSSR count). The van der Waals surface area contributed by atoms with Crippen molar-refractivity contribution in [1.82, 2.24) is 5.32 Å². The van der Waals surface area contributed by atoms with E-state index in [1.807, 2.05) is 0 Å². The van der Waals surface area contributed by atoms with Crippen molar-refractivity contribution in [1.29, 1.82) is 0 Å². The first-order chi connectivity index (χ1) is 6.27. The molecule has 0 spiro atoms. The molecule has 0 aromatic heterocycles. The summed E-state index contributed by atoms with van der Waals surface area (Å²) in [6, 6.07) is 0. The highest BCUT2D eigenvalue weighted by molar-refractivity contribution is 4.97. The Kier molecular flexibility index (Phi) is 4.70. The molecule has 1 saturated carbocycles. The van der Waals surface area contributed by atoms with Crippen molar-refractivity contribution >= 4 is 0 Å². The van der Waals surface area contributed by atoms with Crippen molar-refractivity contribution in [2.24, 2.45) is 0 Å². The number of methoxy groups -OCH3 is 1. The van der Waals surface area contributed by atoms with E-state index in [0.29, 0.717) is 5.54 Å². The molecule has 0 heterocycles. The van der Waals surface area contributed by atoms with E-state index < -0.39 is 0 Å². The highest BCUT2D eigenvalue weighted by Crippen LogP contribution is 2.33. The molecule has 0 unspecified atom stereocenters. The SMILES string of the molecule is COCCCOCCNC1(C)CC1. The maximum Gasteiger partial charge on any atom is 0.0591 e. The third-order valence-electron chi connectivity index (χ3n) is 2.44. The summed E-state index contributed by atoms with van der Waals surface area (Å²) < 4.78 is 10.3. The molecule has 1 aliphatic rings. The summed E-state index contributed by atoms with van der Waals surface area (Å²) in [6.07, 6.45) is 3.63. The molecule has 13 heavy (non-hydrogen) atoms. The van der Waals surface area contributed by atoms with E-state index >= 15 is 0 Å². The Bertz CT molecular complexity index is 135. The minimum absolute atomic E-state index is 0.440. The molecule has 0 atom stereocenters. The van der Waals surface area contributed by atoms with Crippen molar-refractivity contribution in [2.45, 2.75) is 31.7 Å². The maximum atomic E-state index is 5.42. The smallest absolute Gasteiger partial charge is 0.0591 e. The van der Waals surface area contributed by atoms with Crippen LogP contribution in [0.15, 0.2) is 0 Å². The number of rotatable bonds is 8. The van der Waals surface area contributed by atoms with Gasteiger partial charge in [-0.15, -0.1) is 0 Å². The van der Waals surface area contributed by atoms with Gasteiger partial charge < -0.3 is 14.8 Å². The standard InChI is InChI=1S/C10H21NO2/c1-10(4-5-10)11-6-9-13-8-3-7-12-2/h11H,3-9H2,1-2H3. The Morgan fingerprint density at radius 3 is 2.62 bits per heavy atom. The van der Waals surface area contributed by atoms with Crippen LogP contribution in [0.3, 0.4) is 0 Å². The molecule has 78 valence electrons. The number of hydrogen-bond donors (Lipinski definition) is 1. The zero-order valence-electron chi connectivity index (χ0n) is 8.77. The van der Waals surface area contributed by atoms with Gasteiger partial charge in [-0.1, -0.05) is 0 Å². The summed E-state index contributed by atoms with van der Waals surface area (Å²) in [6.45, 7) is 5.66. The fourth-order valence-corrected chi connectivity index (χ4v) is 1.20. The number of nitrogens with one attached hydrogen (secondary N) is 1. The van der Waals surface area contributed by atoms with Crippen molar-refractivity contribution in [3.63, 3.8) is 0 Å². The van der Waals surface area contributed by atoms with Crippen molar-refractivity contribution in [3.8, 4) is 0 Å².